The van der Waals surface area contributed by atoms with Crippen molar-refractivity contribution in [2.24, 2.45) is 0 Å². The first-order chi connectivity index (χ1) is 14.5. The van der Waals surface area contributed by atoms with E-state index < -0.39 is 0 Å². The average molecular weight is 397 g/mol. The molecular formula is C25H23N3O2. The number of anilines is 2. The molecule has 0 saturated carbocycles. The highest BCUT2D eigenvalue weighted by molar-refractivity contribution is 6.01. The van der Waals surface area contributed by atoms with Gasteiger partial charge in [0.1, 0.15) is 5.75 Å². The van der Waals surface area contributed by atoms with Crippen LogP contribution in [0.4, 0.5) is 16.2 Å². The molecule has 2 N–H and O–H groups in total. The highest BCUT2D eigenvalue weighted by Crippen LogP contribution is 2.32. The second kappa shape index (κ2) is 8.25. The number of urea groups is 1. The number of carbonyl (C=O) groups excluding carboxylic acids is 1. The molecule has 5 heteroatoms. The second-order valence-corrected chi connectivity index (χ2v) is 7.26. The molecule has 1 heterocycles. The number of nitrogens with zero attached hydrogens (tertiary/aromatic N) is 1. The number of carbonyl (C=O) groups is 1. The first kappa shape index (κ1) is 19.5. The third kappa shape index (κ3) is 4.25. The Kier molecular flexibility index (Phi) is 5.35. The number of amides is 2. The summed E-state index contributed by atoms with van der Waals surface area (Å²) >= 11 is 0. The lowest BCUT2D eigenvalue weighted by molar-refractivity contribution is 0.262. The zero-order chi connectivity index (χ0) is 21.1. The Morgan fingerprint density at radius 2 is 1.57 bits per heavy atom. The highest BCUT2D eigenvalue weighted by Gasteiger charge is 2.10. The molecule has 30 heavy (non-hydrogen) atoms. The number of hydrogen-bond acceptors (Lipinski definition) is 3. The molecule has 0 fully saturated rings. The predicted molar refractivity (Wildman–Crippen MR) is 122 cm³/mol. The van der Waals surface area contributed by atoms with Crippen molar-refractivity contribution in [3.8, 4) is 17.0 Å². The van der Waals surface area contributed by atoms with E-state index in [1.54, 1.807) is 7.11 Å². The monoisotopic (exact) mass is 397 g/mol. The van der Waals surface area contributed by atoms with Gasteiger partial charge in [-0.15, -0.1) is 0 Å². The first-order valence-corrected chi connectivity index (χ1v) is 9.72. The maximum Gasteiger partial charge on any atom is 0.323 e. The molecule has 0 aliphatic carbocycles. The molecule has 0 bridgehead atoms. The van der Waals surface area contributed by atoms with Crippen LogP contribution >= 0.6 is 0 Å². The van der Waals surface area contributed by atoms with Crippen LogP contribution < -0.4 is 15.4 Å². The normalized spacial score (nSPS) is 10.6. The van der Waals surface area contributed by atoms with Gasteiger partial charge in [0.05, 0.1) is 18.3 Å². The average Bonchev–Trinajstić information content (AvgIpc) is 2.73. The van der Waals surface area contributed by atoms with Gasteiger partial charge in [0.2, 0.25) is 0 Å². The molecular weight excluding hydrogens is 374 g/mol. The van der Waals surface area contributed by atoms with E-state index >= 15 is 0 Å². The first-order valence-electron chi connectivity index (χ1n) is 9.72. The summed E-state index contributed by atoms with van der Waals surface area (Å²) in [5.41, 5.74) is 6.36. The lowest BCUT2D eigenvalue weighted by Gasteiger charge is -2.12. The van der Waals surface area contributed by atoms with Crippen molar-refractivity contribution in [1.82, 2.24) is 4.98 Å². The molecule has 0 aliphatic rings. The van der Waals surface area contributed by atoms with Crippen molar-refractivity contribution in [2.75, 3.05) is 17.7 Å². The summed E-state index contributed by atoms with van der Waals surface area (Å²) in [6, 6.07) is 23.1. The second-order valence-electron chi connectivity index (χ2n) is 7.26. The van der Waals surface area contributed by atoms with Crippen LogP contribution in [0.15, 0.2) is 72.8 Å². The summed E-state index contributed by atoms with van der Waals surface area (Å²) in [6.07, 6.45) is 0. The third-order valence-electron chi connectivity index (χ3n) is 4.87. The summed E-state index contributed by atoms with van der Waals surface area (Å²) in [5, 5.41) is 6.55. The number of ether oxygens (including phenoxy) is 1. The zero-order valence-corrected chi connectivity index (χ0v) is 17.2. The van der Waals surface area contributed by atoms with E-state index in [0.29, 0.717) is 11.4 Å². The molecule has 4 aromatic rings. The number of aromatic nitrogens is 1. The van der Waals surface area contributed by atoms with Gasteiger partial charge in [-0.05, 0) is 49.7 Å². The summed E-state index contributed by atoms with van der Waals surface area (Å²) < 4.78 is 5.61. The Morgan fingerprint density at radius 3 is 2.27 bits per heavy atom. The van der Waals surface area contributed by atoms with Gasteiger partial charge in [-0.25, -0.2) is 9.78 Å². The number of pyridine rings is 1. The van der Waals surface area contributed by atoms with Crippen LogP contribution in [0.25, 0.3) is 22.2 Å². The summed E-state index contributed by atoms with van der Waals surface area (Å²) in [4.78, 5) is 17.2. The lowest BCUT2D eigenvalue weighted by atomic mass is 10.1. The topological polar surface area (TPSA) is 63.2 Å². The van der Waals surface area contributed by atoms with Crippen LogP contribution in [0.1, 0.15) is 11.1 Å². The molecule has 5 nitrogen and oxygen atoms in total. The Morgan fingerprint density at radius 1 is 0.833 bits per heavy atom. The van der Waals surface area contributed by atoms with Gasteiger partial charge in [-0.1, -0.05) is 42.0 Å². The van der Waals surface area contributed by atoms with E-state index in [4.69, 9.17) is 9.72 Å². The predicted octanol–water partition coefficient (Wildman–Crippen LogP) is 6.17. The summed E-state index contributed by atoms with van der Waals surface area (Å²) in [7, 11) is 1.64. The highest BCUT2D eigenvalue weighted by atomic mass is 16.5. The summed E-state index contributed by atoms with van der Waals surface area (Å²) in [6.45, 7) is 4.04. The quantitative estimate of drug-likeness (QED) is 0.433. The van der Waals surface area contributed by atoms with Gasteiger partial charge < -0.3 is 15.4 Å². The van der Waals surface area contributed by atoms with Crippen molar-refractivity contribution in [3.05, 3.63) is 83.9 Å². The van der Waals surface area contributed by atoms with Gasteiger partial charge in [0.15, 0.2) is 0 Å². The van der Waals surface area contributed by atoms with Gasteiger partial charge in [0, 0.05) is 28.4 Å². The fourth-order valence-electron chi connectivity index (χ4n) is 3.33. The van der Waals surface area contributed by atoms with Crippen molar-refractivity contribution in [2.45, 2.75) is 13.8 Å². The van der Waals surface area contributed by atoms with E-state index in [1.165, 1.54) is 5.56 Å². The number of fused-ring (bicyclic) bond motifs is 1. The molecule has 150 valence electrons. The van der Waals surface area contributed by atoms with Crippen molar-refractivity contribution >= 4 is 28.3 Å². The minimum atomic E-state index is -0.303. The zero-order valence-electron chi connectivity index (χ0n) is 17.2. The summed E-state index contributed by atoms with van der Waals surface area (Å²) in [5.74, 6) is 0.707. The molecule has 0 spiro atoms. The molecule has 0 atom stereocenters. The van der Waals surface area contributed by atoms with Gasteiger partial charge in [-0.2, -0.15) is 0 Å². The fourth-order valence-corrected chi connectivity index (χ4v) is 3.33. The Labute approximate surface area is 175 Å². The largest absolute Gasteiger partial charge is 0.496 e. The molecule has 0 saturated heterocycles. The molecule has 0 unspecified atom stereocenters. The number of aryl methyl sites for hydroxylation is 2. The van der Waals surface area contributed by atoms with Crippen LogP contribution in [-0.2, 0) is 0 Å². The van der Waals surface area contributed by atoms with E-state index in [2.05, 4.69) is 41.8 Å². The van der Waals surface area contributed by atoms with E-state index in [-0.39, 0.29) is 6.03 Å². The maximum absolute atomic E-state index is 12.4. The van der Waals surface area contributed by atoms with Gasteiger partial charge in [0.25, 0.3) is 0 Å². The van der Waals surface area contributed by atoms with Crippen LogP contribution in [0, 0.1) is 13.8 Å². The Hall–Kier alpha value is -3.86. The number of rotatable bonds is 4. The molecule has 3 aromatic carbocycles. The smallest absolute Gasteiger partial charge is 0.323 e. The van der Waals surface area contributed by atoms with Crippen LogP contribution in [0.5, 0.6) is 5.75 Å². The Bertz CT molecular complexity index is 1220. The van der Waals surface area contributed by atoms with Crippen molar-refractivity contribution in [1.29, 1.82) is 0 Å². The maximum atomic E-state index is 12.4. The van der Waals surface area contributed by atoms with Crippen molar-refractivity contribution < 1.29 is 9.53 Å². The number of benzene rings is 3. The SMILES string of the molecule is COc1cc(-c2ccc(C)cc2)nc2ccc(NC(=O)Nc3cccc(C)c3)cc12. The van der Waals surface area contributed by atoms with Crippen LogP contribution in [0.3, 0.4) is 0 Å². The number of hydrogen-bond donors (Lipinski definition) is 2. The fraction of sp³-hybridized carbons (Fsp3) is 0.120. The molecule has 0 aliphatic heterocycles. The van der Waals surface area contributed by atoms with Gasteiger partial charge >= 0.3 is 6.03 Å². The van der Waals surface area contributed by atoms with Crippen LogP contribution in [0.2, 0.25) is 0 Å². The van der Waals surface area contributed by atoms with Gasteiger partial charge in [-0.3, -0.25) is 0 Å². The lowest BCUT2D eigenvalue weighted by Crippen LogP contribution is -2.19. The molecule has 1 aromatic heterocycles. The molecule has 0 radical (unpaired) electrons. The van der Waals surface area contributed by atoms with E-state index in [1.807, 2.05) is 55.5 Å². The Balaban J connectivity index is 1.61. The van der Waals surface area contributed by atoms with Crippen molar-refractivity contribution in [3.63, 3.8) is 0 Å². The van der Waals surface area contributed by atoms with Crippen LogP contribution in [-0.4, -0.2) is 18.1 Å². The minimum Gasteiger partial charge on any atom is -0.496 e. The standard InChI is InChI=1S/C25H23N3O2/c1-16-7-9-18(10-8-16)23-15-24(30-3)21-14-20(11-12-22(21)28-23)27-25(29)26-19-6-4-5-17(2)13-19/h4-15H,1-3H3,(H2,26,27,29). The minimum absolute atomic E-state index is 0.303. The van der Waals surface area contributed by atoms with E-state index in [0.717, 1.165) is 33.4 Å². The molecule has 2 amide bonds. The molecule has 4 rings (SSSR count). The third-order valence-corrected chi connectivity index (χ3v) is 4.87. The number of nitrogens with one attached hydrogen (secondary N) is 2. The number of methoxy groups -OCH3 is 1. The van der Waals surface area contributed by atoms with E-state index in [9.17, 15) is 4.79 Å².